The molecule has 0 aliphatic heterocycles. The van der Waals surface area contributed by atoms with Gasteiger partial charge in [0.05, 0.1) is 0 Å². The van der Waals surface area contributed by atoms with E-state index in [1.807, 2.05) is 0 Å². The van der Waals surface area contributed by atoms with Crippen molar-refractivity contribution < 1.29 is 9.90 Å². The first kappa shape index (κ1) is 12.2. The molecule has 15 heavy (non-hydrogen) atoms. The zero-order valence-electron chi connectivity index (χ0n) is 9.01. The number of hydrogen-bond donors (Lipinski definition) is 1. The minimum absolute atomic E-state index is 0.241. The molecule has 82 valence electrons. The molecule has 0 spiro atoms. The quantitative estimate of drug-likeness (QED) is 0.910. The van der Waals surface area contributed by atoms with Crippen LogP contribution in [-0.2, 0) is 11.2 Å². The van der Waals surface area contributed by atoms with Crippen LogP contribution in [0.2, 0.25) is 0 Å². The summed E-state index contributed by atoms with van der Waals surface area (Å²) in [7, 11) is 0. The third-order valence-corrected chi connectivity index (χ3v) is 3.31. The van der Waals surface area contributed by atoms with Crippen molar-refractivity contribution >= 4 is 21.9 Å². The van der Waals surface area contributed by atoms with E-state index in [1.165, 1.54) is 16.7 Å². The number of benzene rings is 1. The molecule has 1 aromatic carbocycles. The minimum atomic E-state index is -0.723. The van der Waals surface area contributed by atoms with Crippen molar-refractivity contribution in [3.8, 4) is 0 Å². The monoisotopic (exact) mass is 270 g/mol. The lowest BCUT2D eigenvalue weighted by Gasteiger charge is -2.08. The van der Waals surface area contributed by atoms with E-state index in [2.05, 4.69) is 41.9 Å². The highest BCUT2D eigenvalue weighted by Crippen LogP contribution is 2.22. The van der Waals surface area contributed by atoms with Crippen LogP contribution >= 0.6 is 15.9 Å². The van der Waals surface area contributed by atoms with E-state index in [0.717, 1.165) is 10.9 Å². The molecule has 0 amide bonds. The van der Waals surface area contributed by atoms with Crippen molar-refractivity contribution in [2.75, 3.05) is 0 Å². The first-order valence-electron chi connectivity index (χ1n) is 4.98. The molecule has 0 saturated carbocycles. The molecule has 0 saturated heterocycles. The molecule has 3 heteroatoms. The zero-order chi connectivity index (χ0) is 11.4. The molecule has 0 bridgehead atoms. The summed E-state index contributed by atoms with van der Waals surface area (Å²) in [5, 5.41) is 8.55. The Bertz CT molecular complexity index is 372. The molecule has 0 aliphatic carbocycles. The van der Waals surface area contributed by atoms with Gasteiger partial charge >= 0.3 is 5.97 Å². The molecule has 0 heterocycles. The molecule has 0 unspecified atom stereocenters. The summed E-state index contributed by atoms with van der Waals surface area (Å²) in [4.78, 5) is 10.4. The van der Waals surface area contributed by atoms with E-state index in [1.54, 1.807) is 0 Å². The van der Waals surface area contributed by atoms with Gasteiger partial charge < -0.3 is 5.11 Å². The molecular formula is C12H15BrO2. The summed E-state index contributed by atoms with van der Waals surface area (Å²) in [6, 6.07) is 4.21. The minimum Gasteiger partial charge on any atom is -0.481 e. The van der Waals surface area contributed by atoms with Crippen molar-refractivity contribution in [2.24, 2.45) is 0 Å². The van der Waals surface area contributed by atoms with Crippen LogP contribution in [0.5, 0.6) is 0 Å². The molecular weight excluding hydrogens is 256 g/mol. The Labute approximate surface area is 98.4 Å². The second-order valence-electron chi connectivity index (χ2n) is 3.78. The van der Waals surface area contributed by atoms with Gasteiger partial charge in [-0.2, -0.15) is 0 Å². The smallest absolute Gasteiger partial charge is 0.303 e. The van der Waals surface area contributed by atoms with Gasteiger partial charge in [0, 0.05) is 10.9 Å². The van der Waals surface area contributed by atoms with Gasteiger partial charge in [0.25, 0.3) is 0 Å². The topological polar surface area (TPSA) is 37.3 Å². The fraction of sp³-hybridized carbons (Fsp3) is 0.417. The van der Waals surface area contributed by atoms with Crippen LogP contribution in [0.15, 0.2) is 16.6 Å². The van der Waals surface area contributed by atoms with Crippen LogP contribution in [0.25, 0.3) is 0 Å². The van der Waals surface area contributed by atoms with Gasteiger partial charge in [-0.15, -0.1) is 0 Å². The molecule has 0 fully saturated rings. The van der Waals surface area contributed by atoms with E-state index in [0.29, 0.717) is 6.42 Å². The van der Waals surface area contributed by atoms with Gasteiger partial charge in [-0.3, -0.25) is 4.79 Å². The summed E-state index contributed by atoms with van der Waals surface area (Å²) in [5.41, 5.74) is 3.68. The van der Waals surface area contributed by atoms with Gasteiger partial charge in [-0.1, -0.05) is 22.0 Å². The number of halogens is 1. The van der Waals surface area contributed by atoms with Gasteiger partial charge in [0.15, 0.2) is 0 Å². The van der Waals surface area contributed by atoms with E-state index < -0.39 is 5.97 Å². The van der Waals surface area contributed by atoms with Gasteiger partial charge in [-0.05, 0) is 49.4 Å². The fourth-order valence-electron chi connectivity index (χ4n) is 1.57. The second-order valence-corrected chi connectivity index (χ2v) is 4.63. The van der Waals surface area contributed by atoms with Crippen molar-refractivity contribution in [3.05, 3.63) is 33.3 Å². The van der Waals surface area contributed by atoms with Crippen LogP contribution in [-0.4, -0.2) is 11.1 Å². The Morgan fingerprint density at radius 3 is 2.60 bits per heavy atom. The number of aliphatic carboxylic acids is 1. The fourth-order valence-corrected chi connectivity index (χ4v) is 1.96. The first-order valence-corrected chi connectivity index (χ1v) is 5.77. The normalized spacial score (nSPS) is 10.3. The average Bonchev–Trinajstić information content (AvgIpc) is 2.13. The van der Waals surface area contributed by atoms with Gasteiger partial charge in [-0.25, -0.2) is 0 Å². The molecule has 1 aromatic rings. The van der Waals surface area contributed by atoms with Crippen LogP contribution in [0.3, 0.4) is 0 Å². The number of aryl methyl sites for hydroxylation is 3. The summed E-state index contributed by atoms with van der Waals surface area (Å²) < 4.78 is 1.10. The van der Waals surface area contributed by atoms with Crippen LogP contribution in [0.1, 0.15) is 29.5 Å². The van der Waals surface area contributed by atoms with Crippen LogP contribution in [0.4, 0.5) is 0 Å². The number of carboxylic acid groups (broad SMARTS) is 1. The SMILES string of the molecule is Cc1cc(C)c(CCCC(=O)O)cc1Br. The van der Waals surface area contributed by atoms with Crippen LogP contribution < -0.4 is 0 Å². The maximum Gasteiger partial charge on any atom is 0.303 e. The van der Waals surface area contributed by atoms with Crippen molar-refractivity contribution in [1.82, 2.24) is 0 Å². The maximum absolute atomic E-state index is 10.4. The lowest BCUT2D eigenvalue weighted by Crippen LogP contribution is -1.97. The van der Waals surface area contributed by atoms with Crippen molar-refractivity contribution in [1.29, 1.82) is 0 Å². The first-order chi connectivity index (χ1) is 7.00. The predicted molar refractivity (Wildman–Crippen MR) is 64.2 cm³/mol. The third-order valence-electron chi connectivity index (χ3n) is 2.45. The summed E-state index contributed by atoms with van der Waals surface area (Å²) in [6.07, 6.45) is 1.77. The predicted octanol–water partition coefficient (Wildman–Crippen LogP) is 3.47. The van der Waals surface area contributed by atoms with E-state index in [9.17, 15) is 4.79 Å². The molecule has 2 nitrogen and oxygen atoms in total. The molecule has 1 rings (SSSR count). The molecule has 1 N–H and O–H groups in total. The Balaban J connectivity index is 2.69. The summed E-state index contributed by atoms with van der Waals surface area (Å²) in [6.45, 7) is 4.12. The highest BCUT2D eigenvalue weighted by molar-refractivity contribution is 9.10. The van der Waals surface area contributed by atoms with Crippen molar-refractivity contribution in [2.45, 2.75) is 33.1 Å². The maximum atomic E-state index is 10.4. The average molecular weight is 271 g/mol. The Hall–Kier alpha value is -0.830. The molecule has 0 aliphatic rings. The Kier molecular flexibility index (Phi) is 4.33. The summed E-state index contributed by atoms with van der Waals surface area (Å²) >= 11 is 3.48. The van der Waals surface area contributed by atoms with Crippen molar-refractivity contribution in [3.63, 3.8) is 0 Å². The number of carboxylic acids is 1. The zero-order valence-corrected chi connectivity index (χ0v) is 10.6. The highest BCUT2D eigenvalue weighted by Gasteiger charge is 2.04. The lowest BCUT2D eigenvalue weighted by molar-refractivity contribution is -0.137. The highest BCUT2D eigenvalue weighted by atomic mass is 79.9. The molecule has 0 atom stereocenters. The summed E-state index contributed by atoms with van der Waals surface area (Å²) in [5.74, 6) is -0.723. The number of rotatable bonds is 4. The van der Waals surface area contributed by atoms with Crippen LogP contribution in [0, 0.1) is 13.8 Å². The third kappa shape index (κ3) is 3.67. The standard InChI is InChI=1S/C12H15BrO2/c1-8-6-9(2)11(13)7-10(8)4-3-5-12(14)15/h6-7H,3-5H2,1-2H3,(H,14,15). The molecule has 0 aromatic heterocycles. The number of carbonyl (C=O) groups is 1. The number of hydrogen-bond acceptors (Lipinski definition) is 1. The Morgan fingerprint density at radius 2 is 2.00 bits per heavy atom. The largest absolute Gasteiger partial charge is 0.481 e. The lowest BCUT2D eigenvalue weighted by atomic mass is 10.0. The van der Waals surface area contributed by atoms with E-state index in [4.69, 9.17) is 5.11 Å². The Morgan fingerprint density at radius 1 is 1.33 bits per heavy atom. The van der Waals surface area contributed by atoms with E-state index >= 15 is 0 Å². The van der Waals surface area contributed by atoms with Gasteiger partial charge in [0.2, 0.25) is 0 Å². The van der Waals surface area contributed by atoms with E-state index in [-0.39, 0.29) is 6.42 Å². The van der Waals surface area contributed by atoms with Gasteiger partial charge in [0.1, 0.15) is 0 Å². The second kappa shape index (κ2) is 5.31. The molecule has 0 radical (unpaired) electrons.